The van der Waals surface area contributed by atoms with Gasteiger partial charge in [-0.25, -0.2) is 0 Å². The molecule has 0 saturated heterocycles. The van der Waals surface area contributed by atoms with Crippen LogP contribution in [0.4, 0.5) is 0 Å². The van der Waals surface area contributed by atoms with E-state index in [0.29, 0.717) is 11.5 Å². The van der Waals surface area contributed by atoms with Gasteiger partial charge in [0.2, 0.25) is 0 Å². The normalized spacial score (nSPS) is 21.2. The molecule has 0 amide bonds. The Morgan fingerprint density at radius 1 is 1.50 bits per heavy atom. The van der Waals surface area contributed by atoms with Crippen molar-refractivity contribution in [3.63, 3.8) is 0 Å². The van der Waals surface area contributed by atoms with Crippen molar-refractivity contribution in [3.8, 4) is 0 Å². The molecule has 1 unspecified atom stereocenters. The largest absolute Gasteiger partial charge is 0.310 e. The first kappa shape index (κ1) is 12.4. The standard InChI is InChI=1S/C13H20ClNS/c1-10(11-7-12(14)16-8-11)15-9-13(2)5-3-4-6-13/h7-8,10,15H,3-6,9H2,1-2H3. The molecule has 1 aliphatic rings. The van der Waals surface area contributed by atoms with Crippen molar-refractivity contribution in [2.24, 2.45) is 5.41 Å². The summed E-state index contributed by atoms with van der Waals surface area (Å²) in [5.74, 6) is 0. The van der Waals surface area contributed by atoms with Crippen LogP contribution in [0.25, 0.3) is 0 Å². The van der Waals surface area contributed by atoms with E-state index in [1.807, 2.05) is 0 Å². The van der Waals surface area contributed by atoms with E-state index in [4.69, 9.17) is 11.6 Å². The topological polar surface area (TPSA) is 12.0 Å². The summed E-state index contributed by atoms with van der Waals surface area (Å²) in [6.45, 7) is 5.75. The first-order valence-electron chi connectivity index (χ1n) is 6.06. The van der Waals surface area contributed by atoms with Crippen LogP contribution in [-0.2, 0) is 0 Å². The first-order chi connectivity index (χ1) is 7.59. The highest BCUT2D eigenvalue weighted by Gasteiger charge is 2.28. The minimum Gasteiger partial charge on any atom is -0.310 e. The smallest absolute Gasteiger partial charge is 0.0931 e. The van der Waals surface area contributed by atoms with Gasteiger partial charge < -0.3 is 5.32 Å². The fraction of sp³-hybridized carbons (Fsp3) is 0.692. The van der Waals surface area contributed by atoms with Crippen molar-refractivity contribution in [1.82, 2.24) is 5.32 Å². The molecule has 16 heavy (non-hydrogen) atoms. The van der Waals surface area contributed by atoms with Gasteiger partial charge in [-0.3, -0.25) is 0 Å². The number of halogens is 1. The Hall–Kier alpha value is -0.0500. The molecule has 1 aromatic heterocycles. The van der Waals surface area contributed by atoms with E-state index >= 15 is 0 Å². The van der Waals surface area contributed by atoms with Gasteiger partial charge in [0.25, 0.3) is 0 Å². The van der Waals surface area contributed by atoms with Crippen LogP contribution >= 0.6 is 22.9 Å². The van der Waals surface area contributed by atoms with Crippen molar-refractivity contribution >= 4 is 22.9 Å². The molecule has 1 nitrogen and oxygen atoms in total. The van der Waals surface area contributed by atoms with E-state index in [9.17, 15) is 0 Å². The third-order valence-corrected chi connectivity index (χ3v) is 4.84. The molecule has 1 fully saturated rings. The highest BCUT2D eigenvalue weighted by atomic mass is 35.5. The van der Waals surface area contributed by atoms with Gasteiger partial charge in [-0.05, 0) is 42.2 Å². The van der Waals surface area contributed by atoms with Crippen LogP contribution in [0.15, 0.2) is 11.4 Å². The molecule has 3 heteroatoms. The van der Waals surface area contributed by atoms with Crippen LogP contribution in [0.2, 0.25) is 4.34 Å². The van der Waals surface area contributed by atoms with Crippen molar-refractivity contribution in [3.05, 3.63) is 21.3 Å². The highest BCUT2D eigenvalue weighted by molar-refractivity contribution is 7.14. The van der Waals surface area contributed by atoms with Crippen LogP contribution in [0.3, 0.4) is 0 Å². The van der Waals surface area contributed by atoms with Gasteiger partial charge in [0.15, 0.2) is 0 Å². The van der Waals surface area contributed by atoms with Gasteiger partial charge in [-0.1, -0.05) is 31.4 Å². The fourth-order valence-electron chi connectivity index (χ4n) is 2.47. The molecule has 0 spiro atoms. The Balaban J connectivity index is 1.86. The van der Waals surface area contributed by atoms with Crippen molar-refractivity contribution in [1.29, 1.82) is 0 Å². The molecule has 0 bridgehead atoms. The molecule has 0 radical (unpaired) electrons. The Kier molecular flexibility index (Phi) is 3.93. The van der Waals surface area contributed by atoms with E-state index < -0.39 is 0 Å². The Labute approximate surface area is 107 Å². The molecule has 0 aromatic carbocycles. The van der Waals surface area contributed by atoms with E-state index in [1.54, 1.807) is 11.3 Å². The SMILES string of the molecule is CC(NCC1(C)CCCC1)c1csc(Cl)c1. The first-order valence-corrected chi connectivity index (χ1v) is 7.32. The lowest BCUT2D eigenvalue weighted by atomic mass is 9.88. The molecule has 1 atom stereocenters. The molecule has 0 aliphatic heterocycles. The Morgan fingerprint density at radius 2 is 2.19 bits per heavy atom. The predicted molar refractivity (Wildman–Crippen MR) is 72.3 cm³/mol. The summed E-state index contributed by atoms with van der Waals surface area (Å²) >= 11 is 7.57. The summed E-state index contributed by atoms with van der Waals surface area (Å²) in [4.78, 5) is 0. The van der Waals surface area contributed by atoms with Crippen LogP contribution in [0, 0.1) is 5.41 Å². The fourth-order valence-corrected chi connectivity index (χ4v) is 3.46. The molecule has 2 rings (SSSR count). The lowest BCUT2D eigenvalue weighted by Gasteiger charge is -2.26. The zero-order valence-corrected chi connectivity index (χ0v) is 11.6. The number of hydrogen-bond donors (Lipinski definition) is 1. The number of nitrogens with one attached hydrogen (secondary N) is 1. The van der Waals surface area contributed by atoms with Crippen molar-refractivity contribution in [2.45, 2.75) is 45.6 Å². The lowest BCUT2D eigenvalue weighted by Crippen LogP contribution is -2.31. The lowest BCUT2D eigenvalue weighted by molar-refractivity contribution is 0.302. The number of rotatable bonds is 4. The molecule has 90 valence electrons. The number of thiophene rings is 1. The third-order valence-electron chi connectivity index (χ3n) is 3.73. The second kappa shape index (κ2) is 5.07. The molecular formula is C13H20ClNS. The summed E-state index contributed by atoms with van der Waals surface area (Å²) in [6.07, 6.45) is 5.54. The average Bonchev–Trinajstić information content (AvgIpc) is 2.85. The zero-order valence-electron chi connectivity index (χ0n) is 10.1. The number of hydrogen-bond acceptors (Lipinski definition) is 2. The molecule has 1 aromatic rings. The average molecular weight is 258 g/mol. The Morgan fingerprint density at radius 3 is 2.75 bits per heavy atom. The van der Waals surface area contributed by atoms with Crippen LogP contribution < -0.4 is 5.32 Å². The maximum absolute atomic E-state index is 5.95. The summed E-state index contributed by atoms with van der Waals surface area (Å²) < 4.78 is 0.885. The van der Waals surface area contributed by atoms with E-state index in [0.717, 1.165) is 10.9 Å². The molecule has 1 aliphatic carbocycles. The summed E-state index contributed by atoms with van der Waals surface area (Å²) in [6, 6.07) is 2.49. The molecule has 1 N–H and O–H groups in total. The van der Waals surface area contributed by atoms with Crippen LogP contribution in [0.5, 0.6) is 0 Å². The van der Waals surface area contributed by atoms with Crippen molar-refractivity contribution in [2.75, 3.05) is 6.54 Å². The van der Waals surface area contributed by atoms with Gasteiger partial charge >= 0.3 is 0 Å². The van der Waals surface area contributed by atoms with Gasteiger partial charge in [-0.2, -0.15) is 0 Å². The van der Waals surface area contributed by atoms with E-state index in [1.165, 1.54) is 31.2 Å². The van der Waals surface area contributed by atoms with Crippen LogP contribution in [-0.4, -0.2) is 6.54 Å². The maximum atomic E-state index is 5.95. The quantitative estimate of drug-likeness (QED) is 0.829. The van der Waals surface area contributed by atoms with Gasteiger partial charge in [0, 0.05) is 12.6 Å². The van der Waals surface area contributed by atoms with Crippen molar-refractivity contribution < 1.29 is 0 Å². The zero-order chi connectivity index (χ0) is 11.6. The highest BCUT2D eigenvalue weighted by Crippen LogP contribution is 2.37. The summed E-state index contributed by atoms with van der Waals surface area (Å²) in [5.41, 5.74) is 1.84. The molecule has 1 heterocycles. The Bertz CT molecular complexity index is 341. The summed E-state index contributed by atoms with van der Waals surface area (Å²) in [5, 5.41) is 5.79. The predicted octanol–water partition coefficient (Wildman–Crippen LogP) is 4.63. The second-order valence-electron chi connectivity index (χ2n) is 5.30. The third kappa shape index (κ3) is 2.99. The maximum Gasteiger partial charge on any atom is 0.0931 e. The van der Waals surface area contributed by atoms with Gasteiger partial charge in [-0.15, -0.1) is 11.3 Å². The minimum atomic E-state index is 0.418. The van der Waals surface area contributed by atoms with Gasteiger partial charge in [0.05, 0.1) is 4.34 Å². The van der Waals surface area contributed by atoms with E-state index in [-0.39, 0.29) is 0 Å². The van der Waals surface area contributed by atoms with E-state index in [2.05, 4.69) is 30.6 Å². The second-order valence-corrected chi connectivity index (χ2v) is 6.85. The summed E-state index contributed by atoms with van der Waals surface area (Å²) in [7, 11) is 0. The van der Waals surface area contributed by atoms with Gasteiger partial charge in [0.1, 0.15) is 0 Å². The molecular weight excluding hydrogens is 238 g/mol. The van der Waals surface area contributed by atoms with Crippen LogP contribution in [0.1, 0.15) is 51.1 Å². The minimum absolute atomic E-state index is 0.418. The monoisotopic (exact) mass is 257 g/mol. The molecule has 1 saturated carbocycles.